The third-order valence-corrected chi connectivity index (χ3v) is 3.64. The largest absolute Gasteiger partial charge is 0.394 e. The average Bonchev–Trinajstić information content (AvgIpc) is 2.66. The number of rotatable bonds is 4. The van der Waals surface area contributed by atoms with E-state index in [1.54, 1.807) is 0 Å². The zero-order valence-corrected chi connectivity index (χ0v) is 13.7. The van der Waals surface area contributed by atoms with Crippen LogP contribution in [0.4, 0.5) is 17.2 Å². The predicted octanol–water partition coefficient (Wildman–Crippen LogP) is 4.00. The van der Waals surface area contributed by atoms with Crippen molar-refractivity contribution >= 4 is 17.2 Å². The number of benzene rings is 1. The first-order valence-corrected chi connectivity index (χ1v) is 7.52. The zero-order chi connectivity index (χ0) is 15.6. The first-order valence-electron chi connectivity index (χ1n) is 7.52. The Labute approximate surface area is 127 Å². The molecule has 0 unspecified atom stereocenters. The molecule has 4 nitrogen and oxygen atoms in total. The van der Waals surface area contributed by atoms with Crippen molar-refractivity contribution in [2.45, 2.75) is 46.0 Å². The minimum absolute atomic E-state index is 0.0726. The number of hydrogen-bond acceptors (Lipinski definition) is 3. The molecule has 0 saturated heterocycles. The lowest BCUT2D eigenvalue weighted by Gasteiger charge is -2.23. The van der Waals surface area contributed by atoms with Crippen molar-refractivity contribution in [1.29, 1.82) is 0 Å². The van der Waals surface area contributed by atoms with E-state index >= 15 is 0 Å². The van der Waals surface area contributed by atoms with Crippen molar-refractivity contribution in [3.8, 4) is 0 Å². The molecule has 1 heterocycles. The van der Waals surface area contributed by atoms with Crippen molar-refractivity contribution in [2.75, 3.05) is 11.1 Å². The molecule has 1 aromatic heterocycles. The van der Waals surface area contributed by atoms with Gasteiger partial charge in [-0.3, -0.25) is 4.68 Å². The molecule has 2 aromatic rings. The molecule has 0 radical (unpaired) electrons. The molecule has 0 fully saturated rings. The molecule has 0 aliphatic rings. The summed E-state index contributed by atoms with van der Waals surface area (Å²) in [6.45, 7) is 8.77. The normalized spacial score (nSPS) is 11.7. The van der Waals surface area contributed by atoms with E-state index in [-0.39, 0.29) is 5.41 Å². The van der Waals surface area contributed by atoms with Crippen LogP contribution in [0.5, 0.6) is 0 Å². The van der Waals surface area contributed by atoms with Gasteiger partial charge in [-0.15, -0.1) is 0 Å². The van der Waals surface area contributed by atoms with Gasteiger partial charge in [0.2, 0.25) is 0 Å². The summed E-state index contributed by atoms with van der Waals surface area (Å²) in [5.74, 6) is 0.871. The molecule has 0 spiro atoms. The summed E-state index contributed by atoms with van der Waals surface area (Å²) in [5, 5.41) is 7.99. The van der Waals surface area contributed by atoms with Crippen LogP contribution in [0.25, 0.3) is 0 Å². The highest BCUT2D eigenvalue weighted by atomic mass is 15.3. The predicted molar refractivity (Wildman–Crippen MR) is 90.0 cm³/mol. The average molecular weight is 286 g/mol. The van der Waals surface area contributed by atoms with Gasteiger partial charge in [-0.2, -0.15) is 5.10 Å². The van der Waals surface area contributed by atoms with E-state index < -0.39 is 0 Å². The van der Waals surface area contributed by atoms with E-state index in [1.165, 1.54) is 5.56 Å². The van der Waals surface area contributed by atoms with Gasteiger partial charge in [-0.1, -0.05) is 52.3 Å². The standard InChI is InChI=1S/C17H26N4/c1-6-9-14-15(18)16(21(5)20-14)19-13-11-8-7-10-12(13)17(2,3)4/h7-8,10-11,19H,6,9,18H2,1-5H3. The first-order chi connectivity index (χ1) is 9.84. The minimum atomic E-state index is 0.0726. The van der Waals surface area contributed by atoms with Gasteiger partial charge in [0.25, 0.3) is 0 Å². The Balaban J connectivity index is 2.40. The molecule has 3 N–H and O–H groups in total. The molecule has 0 aliphatic carbocycles. The Bertz CT molecular complexity index is 620. The van der Waals surface area contributed by atoms with Gasteiger partial charge in [0.05, 0.1) is 11.4 Å². The highest BCUT2D eigenvalue weighted by Crippen LogP contribution is 2.33. The highest BCUT2D eigenvalue weighted by Gasteiger charge is 2.19. The van der Waals surface area contributed by atoms with E-state index in [4.69, 9.17) is 5.73 Å². The Morgan fingerprint density at radius 3 is 2.52 bits per heavy atom. The monoisotopic (exact) mass is 286 g/mol. The van der Waals surface area contributed by atoms with Crippen LogP contribution in [0, 0.1) is 0 Å². The van der Waals surface area contributed by atoms with Gasteiger partial charge in [-0.05, 0) is 23.5 Å². The summed E-state index contributed by atoms with van der Waals surface area (Å²) in [4.78, 5) is 0. The zero-order valence-electron chi connectivity index (χ0n) is 13.7. The molecule has 2 rings (SSSR count). The fourth-order valence-corrected chi connectivity index (χ4v) is 2.54. The third-order valence-electron chi connectivity index (χ3n) is 3.64. The maximum atomic E-state index is 6.25. The van der Waals surface area contributed by atoms with Crippen LogP contribution in [-0.2, 0) is 18.9 Å². The lowest BCUT2D eigenvalue weighted by atomic mass is 9.86. The van der Waals surface area contributed by atoms with E-state index in [9.17, 15) is 0 Å². The van der Waals surface area contributed by atoms with E-state index in [1.807, 2.05) is 17.8 Å². The number of nitrogens with two attached hydrogens (primary N) is 1. The lowest BCUT2D eigenvalue weighted by molar-refractivity contribution is 0.592. The SMILES string of the molecule is CCCc1nn(C)c(Nc2ccccc2C(C)(C)C)c1N. The van der Waals surface area contributed by atoms with Gasteiger partial charge in [0.15, 0.2) is 5.82 Å². The number of nitrogens with zero attached hydrogens (tertiary/aromatic N) is 2. The maximum absolute atomic E-state index is 6.25. The molecule has 0 saturated carbocycles. The molecule has 4 heteroatoms. The second kappa shape index (κ2) is 5.80. The molecule has 114 valence electrons. The number of nitrogen functional groups attached to an aromatic ring is 1. The molecule has 0 aliphatic heterocycles. The Morgan fingerprint density at radius 1 is 1.24 bits per heavy atom. The fraction of sp³-hybridized carbons (Fsp3) is 0.471. The Hall–Kier alpha value is -1.97. The summed E-state index contributed by atoms with van der Waals surface area (Å²) in [6, 6.07) is 8.35. The molecular formula is C17H26N4. The number of hydrogen-bond donors (Lipinski definition) is 2. The van der Waals surface area contributed by atoms with Crippen LogP contribution in [0.2, 0.25) is 0 Å². The van der Waals surface area contributed by atoms with E-state index in [0.29, 0.717) is 0 Å². The second-order valence-corrected chi connectivity index (χ2v) is 6.50. The van der Waals surface area contributed by atoms with Crippen molar-refractivity contribution in [3.05, 3.63) is 35.5 Å². The first kappa shape index (κ1) is 15.4. The van der Waals surface area contributed by atoms with Crippen LogP contribution >= 0.6 is 0 Å². The number of aryl methyl sites for hydroxylation is 2. The quantitative estimate of drug-likeness (QED) is 0.893. The number of nitrogens with one attached hydrogen (secondary N) is 1. The van der Waals surface area contributed by atoms with Crippen LogP contribution < -0.4 is 11.1 Å². The maximum Gasteiger partial charge on any atom is 0.152 e. The smallest absolute Gasteiger partial charge is 0.152 e. The Morgan fingerprint density at radius 2 is 1.90 bits per heavy atom. The molecule has 0 atom stereocenters. The van der Waals surface area contributed by atoms with Crippen LogP contribution in [0.15, 0.2) is 24.3 Å². The van der Waals surface area contributed by atoms with E-state index in [0.717, 1.165) is 35.7 Å². The van der Waals surface area contributed by atoms with Gasteiger partial charge in [-0.25, -0.2) is 0 Å². The van der Waals surface area contributed by atoms with E-state index in [2.05, 4.69) is 56.3 Å². The molecule has 1 aromatic carbocycles. The van der Waals surface area contributed by atoms with Gasteiger partial charge < -0.3 is 11.1 Å². The van der Waals surface area contributed by atoms with Crippen LogP contribution in [0.3, 0.4) is 0 Å². The highest BCUT2D eigenvalue weighted by molar-refractivity contribution is 5.73. The van der Waals surface area contributed by atoms with Gasteiger partial charge in [0.1, 0.15) is 0 Å². The topological polar surface area (TPSA) is 55.9 Å². The second-order valence-electron chi connectivity index (χ2n) is 6.50. The van der Waals surface area contributed by atoms with Gasteiger partial charge >= 0.3 is 0 Å². The number of para-hydroxylation sites is 1. The van der Waals surface area contributed by atoms with Crippen LogP contribution in [0.1, 0.15) is 45.4 Å². The summed E-state index contributed by atoms with van der Waals surface area (Å²) in [5.41, 5.74) is 10.4. The molecular weight excluding hydrogens is 260 g/mol. The van der Waals surface area contributed by atoms with Crippen molar-refractivity contribution < 1.29 is 0 Å². The van der Waals surface area contributed by atoms with Crippen molar-refractivity contribution in [2.24, 2.45) is 7.05 Å². The Kier molecular flexibility index (Phi) is 4.26. The fourth-order valence-electron chi connectivity index (χ4n) is 2.54. The molecule has 0 bridgehead atoms. The number of anilines is 3. The van der Waals surface area contributed by atoms with Crippen molar-refractivity contribution in [1.82, 2.24) is 9.78 Å². The van der Waals surface area contributed by atoms with Crippen molar-refractivity contribution in [3.63, 3.8) is 0 Å². The molecule has 21 heavy (non-hydrogen) atoms. The molecule has 0 amide bonds. The summed E-state index contributed by atoms with van der Waals surface area (Å²) in [6.07, 6.45) is 1.95. The summed E-state index contributed by atoms with van der Waals surface area (Å²) >= 11 is 0. The summed E-state index contributed by atoms with van der Waals surface area (Å²) in [7, 11) is 1.93. The minimum Gasteiger partial charge on any atom is -0.394 e. The lowest BCUT2D eigenvalue weighted by Crippen LogP contribution is -2.14. The third kappa shape index (κ3) is 3.20. The summed E-state index contributed by atoms with van der Waals surface area (Å²) < 4.78 is 1.83. The van der Waals surface area contributed by atoms with Gasteiger partial charge in [0, 0.05) is 12.7 Å². The number of aromatic nitrogens is 2. The van der Waals surface area contributed by atoms with Crippen LogP contribution in [-0.4, -0.2) is 9.78 Å².